The van der Waals surface area contributed by atoms with Crippen LogP contribution in [-0.2, 0) is 4.79 Å². The maximum atomic E-state index is 12.2. The summed E-state index contributed by atoms with van der Waals surface area (Å²) in [5, 5.41) is 2.94. The van der Waals surface area contributed by atoms with Gasteiger partial charge in [0.15, 0.2) is 6.61 Å². The summed E-state index contributed by atoms with van der Waals surface area (Å²) in [7, 11) is 0. The molecular weight excluding hydrogens is 302 g/mol. The molecule has 128 valence electrons. The third kappa shape index (κ3) is 5.01. The summed E-state index contributed by atoms with van der Waals surface area (Å²) in [4.78, 5) is 12.2. The van der Waals surface area contributed by atoms with Gasteiger partial charge in [0.05, 0.1) is 6.61 Å². The van der Waals surface area contributed by atoms with Crippen LogP contribution in [0.15, 0.2) is 48.5 Å². The molecule has 0 radical (unpaired) electrons. The smallest absolute Gasteiger partial charge is 0.262 e. The predicted molar refractivity (Wildman–Crippen MR) is 96.9 cm³/mol. The number of amides is 1. The first-order valence-electron chi connectivity index (χ1n) is 8.38. The van der Waals surface area contributed by atoms with E-state index in [1.54, 1.807) is 12.1 Å². The van der Waals surface area contributed by atoms with E-state index in [0.717, 1.165) is 23.4 Å². The molecule has 0 aliphatic heterocycles. The standard InChI is InChI=1S/C20H25NO3/c1-4-15(3)18-8-6-7-9-19(18)21-20(22)14-24-17-12-10-16(11-13-17)23-5-2/h6-13,15H,4-5,14H2,1-3H3,(H,21,22). The number of nitrogens with one attached hydrogen (secondary N) is 1. The molecule has 1 N–H and O–H groups in total. The fourth-order valence-corrected chi connectivity index (χ4v) is 2.39. The summed E-state index contributed by atoms with van der Waals surface area (Å²) in [6.45, 7) is 6.83. The summed E-state index contributed by atoms with van der Waals surface area (Å²) >= 11 is 0. The van der Waals surface area contributed by atoms with Crippen LogP contribution in [0.25, 0.3) is 0 Å². The van der Waals surface area contributed by atoms with E-state index in [1.807, 2.05) is 37.3 Å². The van der Waals surface area contributed by atoms with Crippen LogP contribution in [0, 0.1) is 0 Å². The minimum atomic E-state index is -0.167. The van der Waals surface area contributed by atoms with Gasteiger partial charge in [-0.1, -0.05) is 32.0 Å². The molecule has 1 amide bonds. The molecule has 24 heavy (non-hydrogen) atoms. The second-order valence-corrected chi connectivity index (χ2v) is 5.64. The largest absolute Gasteiger partial charge is 0.494 e. The lowest BCUT2D eigenvalue weighted by molar-refractivity contribution is -0.118. The molecule has 1 atom stereocenters. The summed E-state index contributed by atoms with van der Waals surface area (Å²) in [5.74, 6) is 1.66. The molecule has 0 aromatic heterocycles. The van der Waals surface area contributed by atoms with Gasteiger partial charge < -0.3 is 14.8 Å². The molecule has 1 unspecified atom stereocenters. The average molecular weight is 327 g/mol. The maximum Gasteiger partial charge on any atom is 0.262 e. The predicted octanol–water partition coefficient (Wildman–Crippen LogP) is 4.62. The van der Waals surface area contributed by atoms with Crippen LogP contribution in [0.3, 0.4) is 0 Å². The Labute approximate surface area is 143 Å². The van der Waals surface area contributed by atoms with Crippen molar-refractivity contribution in [2.24, 2.45) is 0 Å². The van der Waals surface area contributed by atoms with Gasteiger partial charge in [0.1, 0.15) is 11.5 Å². The first kappa shape index (κ1) is 17.9. The first-order chi connectivity index (χ1) is 11.6. The van der Waals surface area contributed by atoms with Crippen molar-refractivity contribution in [2.75, 3.05) is 18.5 Å². The van der Waals surface area contributed by atoms with Gasteiger partial charge in [-0.2, -0.15) is 0 Å². The number of carbonyl (C=O) groups is 1. The number of para-hydroxylation sites is 1. The van der Waals surface area contributed by atoms with Crippen molar-refractivity contribution in [3.63, 3.8) is 0 Å². The van der Waals surface area contributed by atoms with E-state index >= 15 is 0 Å². The Bertz CT molecular complexity index is 652. The van der Waals surface area contributed by atoms with Crippen molar-refractivity contribution in [2.45, 2.75) is 33.1 Å². The van der Waals surface area contributed by atoms with Gasteiger partial charge in [0.25, 0.3) is 5.91 Å². The van der Waals surface area contributed by atoms with Crippen molar-refractivity contribution in [3.8, 4) is 11.5 Å². The van der Waals surface area contributed by atoms with Crippen molar-refractivity contribution < 1.29 is 14.3 Å². The number of anilines is 1. The molecule has 4 nitrogen and oxygen atoms in total. The molecule has 4 heteroatoms. The van der Waals surface area contributed by atoms with E-state index in [-0.39, 0.29) is 12.5 Å². The summed E-state index contributed by atoms with van der Waals surface area (Å²) in [6, 6.07) is 15.1. The highest BCUT2D eigenvalue weighted by atomic mass is 16.5. The summed E-state index contributed by atoms with van der Waals surface area (Å²) < 4.78 is 10.9. The second-order valence-electron chi connectivity index (χ2n) is 5.64. The van der Waals surface area contributed by atoms with Crippen LogP contribution >= 0.6 is 0 Å². The van der Waals surface area contributed by atoms with Crippen molar-refractivity contribution in [3.05, 3.63) is 54.1 Å². The van der Waals surface area contributed by atoms with Gasteiger partial charge in [-0.3, -0.25) is 4.79 Å². The third-order valence-electron chi connectivity index (χ3n) is 3.88. The molecule has 2 rings (SSSR count). The SMILES string of the molecule is CCOc1ccc(OCC(=O)Nc2ccccc2C(C)CC)cc1. The Morgan fingerprint density at radius 1 is 1.00 bits per heavy atom. The lowest BCUT2D eigenvalue weighted by atomic mass is 9.97. The normalized spacial score (nSPS) is 11.6. The highest BCUT2D eigenvalue weighted by Crippen LogP contribution is 2.26. The Morgan fingerprint density at radius 2 is 1.62 bits per heavy atom. The van der Waals surface area contributed by atoms with Crippen LogP contribution in [-0.4, -0.2) is 19.1 Å². The molecule has 2 aromatic rings. The number of benzene rings is 2. The van der Waals surface area contributed by atoms with E-state index in [9.17, 15) is 4.79 Å². The lowest BCUT2D eigenvalue weighted by Gasteiger charge is -2.15. The van der Waals surface area contributed by atoms with E-state index < -0.39 is 0 Å². The molecule has 0 heterocycles. The zero-order valence-corrected chi connectivity index (χ0v) is 14.5. The number of rotatable bonds is 8. The third-order valence-corrected chi connectivity index (χ3v) is 3.88. The molecule has 0 aliphatic carbocycles. The van der Waals surface area contributed by atoms with Gasteiger partial charge in [0, 0.05) is 5.69 Å². The van der Waals surface area contributed by atoms with E-state index in [1.165, 1.54) is 0 Å². The Hall–Kier alpha value is -2.49. The highest BCUT2D eigenvalue weighted by Gasteiger charge is 2.11. The lowest BCUT2D eigenvalue weighted by Crippen LogP contribution is -2.21. The van der Waals surface area contributed by atoms with Gasteiger partial charge in [-0.15, -0.1) is 0 Å². The fourth-order valence-electron chi connectivity index (χ4n) is 2.39. The first-order valence-corrected chi connectivity index (χ1v) is 8.38. The van der Waals surface area contributed by atoms with Crippen LogP contribution in [0.4, 0.5) is 5.69 Å². The molecule has 0 saturated carbocycles. The number of hydrogen-bond donors (Lipinski definition) is 1. The molecular formula is C20H25NO3. The van der Waals surface area contributed by atoms with Gasteiger partial charge in [-0.05, 0) is 55.2 Å². The molecule has 0 bridgehead atoms. The van der Waals surface area contributed by atoms with Crippen LogP contribution in [0.5, 0.6) is 11.5 Å². The zero-order chi connectivity index (χ0) is 17.4. The van der Waals surface area contributed by atoms with Crippen LogP contribution < -0.4 is 14.8 Å². The van der Waals surface area contributed by atoms with Gasteiger partial charge in [0.2, 0.25) is 0 Å². The quantitative estimate of drug-likeness (QED) is 0.770. The van der Waals surface area contributed by atoms with Crippen molar-refractivity contribution in [1.82, 2.24) is 0 Å². The number of carbonyl (C=O) groups excluding carboxylic acids is 1. The second kappa shape index (κ2) is 8.96. The van der Waals surface area contributed by atoms with E-state index in [4.69, 9.17) is 9.47 Å². The molecule has 0 aliphatic rings. The van der Waals surface area contributed by atoms with E-state index in [2.05, 4.69) is 25.2 Å². The zero-order valence-electron chi connectivity index (χ0n) is 14.5. The minimum Gasteiger partial charge on any atom is -0.494 e. The topological polar surface area (TPSA) is 47.6 Å². The van der Waals surface area contributed by atoms with Crippen LogP contribution in [0.1, 0.15) is 38.7 Å². The average Bonchev–Trinajstić information content (AvgIpc) is 2.61. The monoisotopic (exact) mass is 327 g/mol. The Morgan fingerprint density at radius 3 is 2.25 bits per heavy atom. The van der Waals surface area contributed by atoms with Crippen molar-refractivity contribution >= 4 is 11.6 Å². The maximum absolute atomic E-state index is 12.2. The summed E-state index contributed by atoms with van der Waals surface area (Å²) in [6.07, 6.45) is 1.02. The molecule has 0 spiro atoms. The Kier molecular flexibility index (Phi) is 6.67. The van der Waals surface area contributed by atoms with E-state index in [0.29, 0.717) is 18.3 Å². The van der Waals surface area contributed by atoms with Crippen molar-refractivity contribution in [1.29, 1.82) is 0 Å². The molecule has 0 saturated heterocycles. The minimum absolute atomic E-state index is 0.0250. The van der Waals surface area contributed by atoms with Crippen LogP contribution in [0.2, 0.25) is 0 Å². The highest BCUT2D eigenvalue weighted by molar-refractivity contribution is 5.92. The summed E-state index contributed by atoms with van der Waals surface area (Å²) in [5.41, 5.74) is 2.00. The Balaban J connectivity index is 1.92. The number of hydrogen-bond acceptors (Lipinski definition) is 3. The van der Waals surface area contributed by atoms with Gasteiger partial charge >= 0.3 is 0 Å². The number of ether oxygens (including phenoxy) is 2. The van der Waals surface area contributed by atoms with Gasteiger partial charge in [-0.25, -0.2) is 0 Å². The molecule has 0 fully saturated rings. The fraction of sp³-hybridized carbons (Fsp3) is 0.350. The molecule has 2 aromatic carbocycles.